The zero-order valence-corrected chi connectivity index (χ0v) is 11.2. The highest BCUT2D eigenvalue weighted by atomic mass is 32.1. The molecule has 0 amide bonds. The van der Waals surface area contributed by atoms with Crippen molar-refractivity contribution >= 4 is 23.0 Å². The third kappa shape index (κ3) is 2.52. The summed E-state index contributed by atoms with van der Waals surface area (Å²) in [5.41, 5.74) is 0.967. The number of hydrogen-bond acceptors (Lipinski definition) is 2. The predicted octanol–water partition coefficient (Wildman–Crippen LogP) is 2.64. The van der Waals surface area contributed by atoms with E-state index >= 15 is 0 Å². The number of phenolic OH excluding ortho intramolecular Hbond substituents is 1. The highest BCUT2D eigenvalue weighted by Gasteiger charge is 2.33. The molecule has 3 nitrogen and oxygen atoms in total. The first-order valence-electron chi connectivity index (χ1n) is 5.79. The molecule has 1 heterocycles. The van der Waals surface area contributed by atoms with Crippen LogP contribution in [-0.4, -0.2) is 21.8 Å². The van der Waals surface area contributed by atoms with Crippen LogP contribution in [0.25, 0.3) is 0 Å². The molecule has 1 fully saturated rings. The first-order chi connectivity index (χ1) is 7.89. The average molecular weight is 250 g/mol. The van der Waals surface area contributed by atoms with Crippen molar-refractivity contribution in [1.82, 2.24) is 5.32 Å². The van der Waals surface area contributed by atoms with Gasteiger partial charge in [0.1, 0.15) is 5.75 Å². The second-order valence-electron chi connectivity index (χ2n) is 5.26. The number of thiocarbonyl (C=S) groups is 1. The van der Waals surface area contributed by atoms with Gasteiger partial charge in [-0.15, -0.1) is 0 Å². The third-order valence-electron chi connectivity index (χ3n) is 3.02. The van der Waals surface area contributed by atoms with E-state index in [2.05, 4.69) is 31.0 Å². The van der Waals surface area contributed by atoms with Crippen LogP contribution in [0.1, 0.15) is 27.2 Å². The Hall–Kier alpha value is -1.29. The topological polar surface area (TPSA) is 35.5 Å². The number of nitrogens with zero attached hydrogens (tertiary/aromatic N) is 1. The molecule has 0 aliphatic carbocycles. The molecule has 4 heteroatoms. The number of aromatic hydroxyl groups is 1. The van der Waals surface area contributed by atoms with E-state index in [0.717, 1.165) is 17.2 Å². The Morgan fingerprint density at radius 1 is 1.47 bits per heavy atom. The van der Waals surface area contributed by atoms with Gasteiger partial charge in [0.15, 0.2) is 5.11 Å². The van der Waals surface area contributed by atoms with Crippen LogP contribution < -0.4 is 10.2 Å². The van der Waals surface area contributed by atoms with Crippen LogP contribution in [0, 0.1) is 0 Å². The van der Waals surface area contributed by atoms with Crippen LogP contribution in [0.4, 0.5) is 5.69 Å². The minimum Gasteiger partial charge on any atom is -0.508 e. The van der Waals surface area contributed by atoms with E-state index in [1.165, 1.54) is 0 Å². The van der Waals surface area contributed by atoms with E-state index in [9.17, 15) is 5.11 Å². The highest BCUT2D eigenvalue weighted by Crippen LogP contribution is 2.29. The van der Waals surface area contributed by atoms with Crippen molar-refractivity contribution in [2.45, 2.75) is 38.8 Å². The maximum atomic E-state index is 9.53. The fourth-order valence-corrected chi connectivity index (χ4v) is 3.01. The summed E-state index contributed by atoms with van der Waals surface area (Å²) >= 11 is 5.41. The zero-order chi connectivity index (χ0) is 12.6. The lowest BCUT2D eigenvalue weighted by atomic mass is 9.93. The monoisotopic (exact) mass is 250 g/mol. The lowest BCUT2D eigenvalue weighted by molar-refractivity contribution is 0.367. The molecule has 0 spiro atoms. The van der Waals surface area contributed by atoms with Crippen molar-refractivity contribution in [3.63, 3.8) is 0 Å². The zero-order valence-electron chi connectivity index (χ0n) is 10.4. The Balaban J connectivity index is 2.30. The molecule has 1 aliphatic heterocycles. The minimum absolute atomic E-state index is 0.0316. The van der Waals surface area contributed by atoms with E-state index in [1.54, 1.807) is 12.1 Å². The largest absolute Gasteiger partial charge is 0.508 e. The SMILES string of the molecule is C[C@@H]1CC(C)(C)NC(=S)N1c1cccc(O)c1. The van der Waals surface area contributed by atoms with E-state index in [1.807, 2.05) is 12.1 Å². The molecule has 2 N–H and O–H groups in total. The lowest BCUT2D eigenvalue weighted by Gasteiger charge is -2.44. The van der Waals surface area contributed by atoms with Gasteiger partial charge in [-0.05, 0) is 51.5 Å². The Bertz CT molecular complexity index is 445. The molecule has 92 valence electrons. The second kappa shape index (κ2) is 4.18. The first kappa shape index (κ1) is 12.2. The molecule has 0 bridgehead atoms. The van der Waals surface area contributed by atoms with Crippen LogP contribution in [0.15, 0.2) is 24.3 Å². The summed E-state index contributed by atoms with van der Waals surface area (Å²) in [4.78, 5) is 2.06. The summed E-state index contributed by atoms with van der Waals surface area (Å²) in [5.74, 6) is 0.266. The molecular formula is C13H18N2OS. The van der Waals surface area contributed by atoms with Crippen LogP contribution in [0.3, 0.4) is 0 Å². The fourth-order valence-electron chi connectivity index (χ4n) is 2.45. The molecule has 0 radical (unpaired) electrons. The molecule has 1 saturated heterocycles. The van der Waals surface area contributed by atoms with Gasteiger partial charge in [0.2, 0.25) is 0 Å². The minimum atomic E-state index is 0.0316. The molecule has 0 aromatic heterocycles. The molecule has 0 saturated carbocycles. The molecule has 1 aromatic rings. The van der Waals surface area contributed by atoms with Crippen molar-refractivity contribution in [3.05, 3.63) is 24.3 Å². The van der Waals surface area contributed by atoms with Crippen molar-refractivity contribution in [2.75, 3.05) is 4.90 Å². The van der Waals surface area contributed by atoms with Crippen molar-refractivity contribution in [2.24, 2.45) is 0 Å². The van der Waals surface area contributed by atoms with E-state index < -0.39 is 0 Å². The van der Waals surface area contributed by atoms with Gasteiger partial charge in [0.05, 0.1) is 0 Å². The molecule has 1 aromatic carbocycles. The quantitative estimate of drug-likeness (QED) is 0.751. The highest BCUT2D eigenvalue weighted by molar-refractivity contribution is 7.80. The van der Waals surface area contributed by atoms with Gasteiger partial charge in [0, 0.05) is 23.3 Å². The molecule has 2 rings (SSSR count). The number of nitrogens with one attached hydrogen (secondary N) is 1. The number of rotatable bonds is 1. The first-order valence-corrected chi connectivity index (χ1v) is 6.20. The van der Waals surface area contributed by atoms with E-state index in [4.69, 9.17) is 12.2 Å². The van der Waals surface area contributed by atoms with Gasteiger partial charge in [-0.3, -0.25) is 0 Å². The predicted molar refractivity (Wildman–Crippen MR) is 74.5 cm³/mol. The normalized spacial score (nSPS) is 23.4. The number of phenols is 1. The Morgan fingerprint density at radius 2 is 2.18 bits per heavy atom. The van der Waals surface area contributed by atoms with Crippen molar-refractivity contribution in [3.8, 4) is 5.75 Å². The number of benzene rings is 1. The maximum absolute atomic E-state index is 9.53. The molecule has 1 atom stereocenters. The summed E-state index contributed by atoms with van der Waals surface area (Å²) in [5, 5.41) is 13.6. The molecule has 1 aliphatic rings. The Morgan fingerprint density at radius 3 is 2.76 bits per heavy atom. The fraction of sp³-hybridized carbons (Fsp3) is 0.462. The summed E-state index contributed by atoms with van der Waals surface area (Å²) in [6.07, 6.45) is 1.00. The lowest BCUT2D eigenvalue weighted by Crippen LogP contribution is -2.60. The molecule has 0 unspecified atom stereocenters. The van der Waals surface area contributed by atoms with Crippen LogP contribution >= 0.6 is 12.2 Å². The van der Waals surface area contributed by atoms with Gasteiger partial charge in [-0.25, -0.2) is 0 Å². The standard InChI is InChI=1S/C13H18N2OS/c1-9-8-13(2,3)14-12(17)15(9)10-5-4-6-11(16)7-10/h4-7,9,16H,8H2,1-3H3,(H,14,17)/t9-/m1/s1. The van der Waals surface area contributed by atoms with E-state index in [0.29, 0.717) is 6.04 Å². The van der Waals surface area contributed by atoms with Gasteiger partial charge >= 0.3 is 0 Å². The Labute approximate surface area is 107 Å². The summed E-state index contributed by atoms with van der Waals surface area (Å²) in [6.45, 7) is 6.45. The van der Waals surface area contributed by atoms with Gasteiger partial charge in [0.25, 0.3) is 0 Å². The maximum Gasteiger partial charge on any atom is 0.174 e. The van der Waals surface area contributed by atoms with Crippen LogP contribution in [0.2, 0.25) is 0 Å². The smallest absolute Gasteiger partial charge is 0.174 e. The Kier molecular flexibility index (Phi) is 3.00. The van der Waals surface area contributed by atoms with E-state index in [-0.39, 0.29) is 11.3 Å². The van der Waals surface area contributed by atoms with Crippen molar-refractivity contribution < 1.29 is 5.11 Å². The molecule has 17 heavy (non-hydrogen) atoms. The number of hydrogen-bond donors (Lipinski definition) is 2. The van der Waals surface area contributed by atoms with Gasteiger partial charge in [-0.1, -0.05) is 6.07 Å². The van der Waals surface area contributed by atoms with Crippen molar-refractivity contribution in [1.29, 1.82) is 0 Å². The summed E-state index contributed by atoms with van der Waals surface area (Å²) in [7, 11) is 0. The number of anilines is 1. The third-order valence-corrected chi connectivity index (χ3v) is 3.32. The van der Waals surface area contributed by atoms with Gasteiger partial charge in [-0.2, -0.15) is 0 Å². The van der Waals surface area contributed by atoms with Crippen LogP contribution in [-0.2, 0) is 0 Å². The summed E-state index contributed by atoms with van der Waals surface area (Å²) in [6, 6.07) is 7.52. The molecular weight excluding hydrogens is 232 g/mol. The summed E-state index contributed by atoms with van der Waals surface area (Å²) < 4.78 is 0. The average Bonchev–Trinajstić information content (AvgIpc) is 2.13. The van der Waals surface area contributed by atoms with Crippen LogP contribution in [0.5, 0.6) is 5.75 Å². The second-order valence-corrected chi connectivity index (χ2v) is 5.64. The van der Waals surface area contributed by atoms with Gasteiger partial charge < -0.3 is 15.3 Å².